The fourth-order valence-electron chi connectivity index (χ4n) is 12.7. The van der Waals surface area contributed by atoms with E-state index in [1.165, 1.54) is 24.8 Å². The number of nitrogens with one attached hydrogen (secondary N) is 1. The van der Waals surface area contributed by atoms with Gasteiger partial charge in [0, 0.05) is 12.5 Å². The molecule has 0 radical (unpaired) electrons. The smallest absolute Gasteiger partial charge is 0.187 e. The normalized spacial score (nSPS) is 58.4. The Hall–Kier alpha value is -0.740. The molecule has 51 heavy (non-hydrogen) atoms. The van der Waals surface area contributed by atoms with E-state index in [0.717, 1.165) is 38.6 Å². The molecule has 0 aromatic rings. The van der Waals surface area contributed by atoms with Crippen molar-refractivity contribution in [1.82, 2.24) is 5.32 Å². The first-order valence-corrected chi connectivity index (χ1v) is 20.0. The van der Waals surface area contributed by atoms with E-state index >= 15 is 0 Å². The zero-order valence-electron chi connectivity index (χ0n) is 31.0. The summed E-state index contributed by atoms with van der Waals surface area (Å²) >= 11 is 0. The average molecular weight is 722 g/mol. The van der Waals surface area contributed by atoms with Crippen LogP contribution in [0, 0.1) is 46.3 Å². The van der Waals surface area contributed by atoms with Gasteiger partial charge in [0.1, 0.15) is 48.5 Å². The Balaban J connectivity index is 0.964. The molecule has 21 atom stereocenters. The lowest BCUT2D eigenvalue weighted by Gasteiger charge is -2.59. The van der Waals surface area contributed by atoms with E-state index in [1.54, 1.807) is 6.92 Å². The quantitative estimate of drug-likeness (QED) is 0.206. The molecule has 0 bridgehead atoms. The van der Waals surface area contributed by atoms with E-state index in [9.17, 15) is 30.6 Å². The molecule has 0 aromatic carbocycles. The van der Waals surface area contributed by atoms with Gasteiger partial charge in [0.25, 0.3) is 0 Å². The fraction of sp³-hybridized carbons (Fsp3) is 0.949. The van der Waals surface area contributed by atoms with Crippen LogP contribution in [0.1, 0.15) is 92.4 Å². The second-order valence-electron chi connectivity index (χ2n) is 18.4. The first kappa shape index (κ1) is 37.2. The monoisotopic (exact) mass is 721 g/mol. The van der Waals surface area contributed by atoms with Crippen molar-refractivity contribution in [2.45, 2.75) is 172 Å². The SMILES string of the molecule is CC1CCC2(NC1)OC1CC3C4CC=C5C[C@@H](O[C@@H]6O[C@H](CO)[C@@H](O)[C@H](O)[C@H]6OC6O[C@@H](C)[C@@H](O)[C@@H](O)[C@H]6O)CC[C@]5(C)C4CC[C@]3(C)C1C2C. The molecule has 290 valence electrons. The third kappa shape index (κ3) is 5.84. The highest BCUT2D eigenvalue weighted by atomic mass is 16.8. The molecule has 8 rings (SSSR count). The molecule has 12 nitrogen and oxygen atoms in total. The summed E-state index contributed by atoms with van der Waals surface area (Å²) in [6, 6.07) is 0. The van der Waals surface area contributed by atoms with E-state index in [4.69, 9.17) is 23.7 Å². The van der Waals surface area contributed by atoms with Gasteiger partial charge in [-0.25, -0.2) is 0 Å². The molecule has 7 fully saturated rings. The van der Waals surface area contributed by atoms with Crippen LogP contribution in [0.25, 0.3) is 0 Å². The lowest BCUT2D eigenvalue weighted by atomic mass is 9.47. The number of aliphatic hydroxyl groups excluding tert-OH is 6. The van der Waals surface area contributed by atoms with Gasteiger partial charge in [0.15, 0.2) is 12.6 Å². The van der Waals surface area contributed by atoms with E-state index < -0.39 is 68.0 Å². The third-order valence-corrected chi connectivity index (χ3v) is 15.8. The summed E-state index contributed by atoms with van der Waals surface area (Å²) in [5.74, 6) is 3.68. The lowest BCUT2D eigenvalue weighted by molar-refractivity contribution is -0.369. The van der Waals surface area contributed by atoms with Gasteiger partial charge in [-0.05, 0) is 105 Å². The Morgan fingerprint density at radius 1 is 0.843 bits per heavy atom. The summed E-state index contributed by atoms with van der Waals surface area (Å²) in [6.07, 6.45) is -1.26. The van der Waals surface area contributed by atoms with Crippen LogP contribution < -0.4 is 5.32 Å². The number of fused-ring (bicyclic) bond motifs is 7. The molecule has 0 aromatic heterocycles. The van der Waals surface area contributed by atoms with Crippen LogP contribution in [0.3, 0.4) is 0 Å². The van der Waals surface area contributed by atoms with Crippen molar-refractivity contribution in [2.75, 3.05) is 13.2 Å². The minimum Gasteiger partial charge on any atom is -0.394 e. The van der Waals surface area contributed by atoms with E-state index in [1.807, 2.05) is 0 Å². The van der Waals surface area contributed by atoms with Gasteiger partial charge < -0.3 is 54.3 Å². The molecule has 4 aliphatic heterocycles. The van der Waals surface area contributed by atoms with Gasteiger partial charge in [-0.2, -0.15) is 0 Å². The highest BCUT2D eigenvalue weighted by molar-refractivity contribution is 5.26. The molecule has 1 spiro atoms. The Morgan fingerprint density at radius 2 is 1.63 bits per heavy atom. The standard InChI is InChI=1S/C39H63NO11/c1-18-8-13-39(40-16-18)19(2)28-26(51-39)15-25-23-7-6-21-14-22(9-11-37(21,4)24(23)10-12-38(25,28)5)48-36-34(32(45)30(43)27(17-41)49-36)50-35-33(46)31(44)29(42)20(3)47-35/h6,18-20,22-36,40-46H,7-17H2,1-5H3/t18?,19?,20-,22-,23?,24?,25?,26?,27+,28?,29+,30+,31+,32-,33+,34+,35?,36+,37-,38-,39?/m0/s1. The number of aliphatic hydroxyl groups is 6. The van der Waals surface area contributed by atoms with Gasteiger partial charge in [-0.15, -0.1) is 0 Å². The van der Waals surface area contributed by atoms with Crippen LogP contribution in [-0.2, 0) is 23.7 Å². The summed E-state index contributed by atoms with van der Waals surface area (Å²) < 4.78 is 31.2. The predicted molar refractivity (Wildman–Crippen MR) is 184 cm³/mol. The zero-order chi connectivity index (χ0) is 36.2. The molecule has 12 heteroatoms. The van der Waals surface area contributed by atoms with Crippen molar-refractivity contribution < 1.29 is 54.3 Å². The predicted octanol–water partition coefficient (Wildman–Crippen LogP) is 1.96. The number of rotatable bonds is 5. The molecule has 0 amide bonds. The Morgan fingerprint density at radius 3 is 2.35 bits per heavy atom. The van der Waals surface area contributed by atoms with Crippen molar-refractivity contribution in [3.05, 3.63) is 11.6 Å². The van der Waals surface area contributed by atoms with Crippen molar-refractivity contribution in [2.24, 2.45) is 46.3 Å². The molecule has 9 unspecified atom stereocenters. The lowest BCUT2D eigenvalue weighted by Crippen LogP contribution is -2.64. The van der Waals surface area contributed by atoms with Crippen LogP contribution in [0.4, 0.5) is 0 Å². The highest BCUT2D eigenvalue weighted by Crippen LogP contribution is 2.70. The molecular formula is C39H63NO11. The van der Waals surface area contributed by atoms with Crippen LogP contribution in [-0.4, -0.2) is 123 Å². The van der Waals surface area contributed by atoms with Crippen LogP contribution in [0.15, 0.2) is 11.6 Å². The van der Waals surface area contributed by atoms with E-state index in [2.05, 4.69) is 39.1 Å². The van der Waals surface area contributed by atoms with Crippen molar-refractivity contribution >= 4 is 0 Å². The first-order valence-electron chi connectivity index (χ1n) is 20.0. The molecule has 7 N–H and O–H groups in total. The molecule has 3 saturated carbocycles. The van der Waals surface area contributed by atoms with Gasteiger partial charge >= 0.3 is 0 Å². The van der Waals surface area contributed by atoms with Crippen molar-refractivity contribution in [1.29, 1.82) is 0 Å². The summed E-state index contributed by atoms with van der Waals surface area (Å²) in [5, 5.41) is 66.8. The molecule has 4 aliphatic carbocycles. The Bertz CT molecular complexity index is 1310. The highest BCUT2D eigenvalue weighted by Gasteiger charge is 2.68. The summed E-state index contributed by atoms with van der Waals surface area (Å²) in [4.78, 5) is 0. The molecule has 4 heterocycles. The molecular weight excluding hydrogens is 658 g/mol. The maximum atomic E-state index is 11.1. The number of hydrogen-bond donors (Lipinski definition) is 7. The maximum absolute atomic E-state index is 11.1. The third-order valence-electron chi connectivity index (χ3n) is 15.8. The van der Waals surface area contributed by atoms with Gasteiger partial charge in [-0.3, -0.25) is 5.32 Å². The van der Waals surface area contributed by atoms with E-state index in [0.29, 0.717) is 48.0 Å². The average Bonchev–Trinajstić information content (AvgIpc) is 3.56. The number of ether oxygens (including phenoxy) is 5. The van der Waals surface area contributed by atoms with E-state index in [-0.39, 0.29) is 22.7 Å². The second-order valence-corrected chi connectivity index (χ2v) is 18.4. The topological polar surface area (TPSA) is 180 Å². The second kappa shape index (κ2) is 13.5. The van der Waals surface area contributed by atoms with Gasteiger partial charge in [-0.1, -0.05) is 39.3 Å². The number of allylic oxidation sites excluding steroid dienone is 1. The number of hydrogen-bond acceptors (Lipinski definition) is 12. The maximum Gasteiger partial charge on any atom is 0.187 e. The Kier molecular flexibility index (Phi) is 9.83. The van der Waals surface area contributed by atoms with Crippen LogP contribution >= 0.6 is 0 Å². The fourth-order valence-corrected chi connectivity index (χ4v) is 12.7. The van der Waals surface area contributed by atoms with Gasteiger partial charge in [0.05, 0.1) is 24.9 Å². The first-order chi connectivity index (χ1) is 24.2. The minimum absolute atomic E-state index is 0.0659. The number of piperidine rings is 1. The summed E-state index contributed by atoms with van der Waals surface area (Å²) in [6.45, 7) is 11.9. The zero-order valence-corrected chi connectivity index (χ0v) is 31.0. The van der Waals surface area contributed by atoms with Gasteiger partial charge in [0.2, 0.25) is 0 Å². The Labute approximate surface area is 302 Å². The molecule has 4 saturated heterocycles. The molecule has 8 aliphatic rings. The van der Waals surface area contributed by atoms with Crippen molar-refractivity contribution in [3.63, 3.8) is 0 Å². The summed E-state index contributed by atoms with van der Waals surface area (Å²) in [7, 11) is 0. The largest absolute Gasteiger partial charge is 0.394 e. The minimum atomic E-state index is -1.60. The van der Waals surface area contributed by atoms with Crippen LogP contribution in [0.5, 0.6) is 0 Å². The summed E-state index contributed by atoms with van der Waals surface area (Å²) in [5.41, 5.74) is 1.61. The van der Waals surface area contributed by atoms with Crippen LogP contribution in [0.2, 0.25) is 0 Å². The van der Waals surface area contributed by atoms with Crippen molar-refractivity contribution in [3.8, 4) is 0 Å².